The zero-order valence-corrected chi connectivity index (χ0v) is 25.8. The van der Waals surface area contributed by atoms with Crippen LogP contribution in [0.5, 0.6) is 0 Å². The van der Waals surface area contributed by atoms with Crippen LogP contribution in [0.25, 0.3) is 11.1 Å². The monoisotopic (exact) mass is 592 g/mol. The number of nitrogens with one attached hydrogen (secondary N) is 3. The van der Waals surface area contributed by atoms with Gasteiger partial charge in [0.2, 0.25) is 11.9 Å². The number of H-pyrrole nitrogens is 1. The molecule has 5 rings (SSSR count). The second-order valence-electron chi connectivity index (χ2n) is 12.6. The standard InChI is InChI=1S/C33H45FN6O3/c1-5-25-27(20(4)38-39-25)23-16-17-26(35-31(23)34)36-33(42)30(37-32(41)24-18-43-40-29(24)19(2)3)28(21-12-8-6-9-13-21)22-14-10-7-11-15-22/h16-19,21-22,28,30H,5-15H2,1-4H3,(H,37,41)(H,38,39)(H,35,36,42). The maximum Gasteiger partial charge on any atom is 0.257 e. The zero-order chi connectivity index (χ0) is 30.5. The van der Waals surface area contributed by atoms with Crippen molar-refractivity contribution in [3.8, 4) is 11.1 Å². The van der Waals surface area contributed by atoms with Crippen LogP contribution in [0.3, 0.4) is 0 Å². The Morgan fingerprint density at radius 2 is 1.70 bits per heavy atom. The third-order valence-corrected chi connectivity index (χ3v) is 9.46. The lowest BCUT2D eigenvalue weighted by atomic mass is 9.66. The van der Waals surface area contributed by atoms with Gasteiger partial charge in [0.15, 0.2) is 0 Å². The summed E-state index contributed by atoms with van der Waals surface area (Å²) in [7, 11) is 0. The van der Waals surface area contributed by atoms with Gasteiger partial charge in [-0.3, -0.25) is 14.7 Å². The number of carbonyl (C=O) groups is 2. The van der Waals surface area contributed by atoms with Crippen molar-refractivity contribution in [1.29, 1.82) is 0 Å². The number of carbonyl (C=O) groups excluding carboxylic acids is 2. The third-order valence-electron chi connectivity index (χ3n) is 9.46. The van der Waals surface area contributed by atoms with E-state index in [-0.39, 0.29) is 29.5 Å². The van der Waals surface area contributed by atoms with Gasteiger partial charge in [-0.1, -0.05) is 90.1 Å². The summed E-state index contributed by atoms with van der Waals surface area (Å²) >= 11 is 0. The molecule has 232 valence electrons. The van der Waals surface area contributed by atoms with Gasteiger partial charge in [0.25, 0.3) is 5.91 Å². The second kappa shape index (κ2) is 13.8. The molecule has 43 heavy (non-hydrogen) atoms. The third kappa shape index (κ3) is 6.83. The van der Waals surface area contributed by atoms with Crippen molar-refractivity contribution in [2.75, 3.05) is 5.32 Å². The van der Waals surface area contributed by atoms with E-state index in [4.69, 9.17) is 4.52 Å². The molecule has 1 atom stereocenters. The molecule has 0 spiro atoms. The highest BCUT2D eigenvalue weighted by Crippen LogP contribution is 2.42. The van der Waals surface area contributed by atoms with E-state index in [1.807, 2.05) is 27.7 Å². The highest BCUT2D eigenvalue weighted by atomic mass is 19.1. The minimum absolute atomic E-state index is 0.0166. The Labute approximate surface area is 253 Å². The SMILES string of the molecule is CCc1n[nH]c(C)c1-c1ccc(NC(=O)C(NC(=O)c2conc2C(C)C)C(C2CCCCC2)C2CCCCC2)nc1F. The average Bonchev–Trinajstić information content (AvgIpc) is 3.65. The first-order chi connectivity index (χ1) is 20.8. The van der Waals surface area contributed by atoms with Crippen LogP contribution < -0.4 is 10.6 Å². The van der Waals surface area contributed by atoms with E-state index in [2.05, 4.69) is 31.0 Å². The highest BCUT2D eigenvalue weighted by Gasteiger charge is 2.41. The molecule has 2 aliphatic carbocycles. The number of aromatic nitrogens is 4. The van der Waals surface area contributed by atoms with E-state index in [0.717, 1.165) is 62.8 Å². The summed E-state index contributed by atoms with van der Waals surface area (Å²) in [5.41, 5.74) is 3.45. The summed E-state index contributed by atoms with van der Waals surface area (Å²) in [6, 6.07) is 2.45. The molecule has 2 amide bonds. The summed E-state index contributed by atoms with van der Waals surface area (Å²) in [5, 5.41) is 17.2. The van der Waals surface area contributed by atoms with Crippen LogP contribution in [0.15, 0.2) is 22.9 Å². The van der Waals surface area contributed by atoms with E-state index in [1.54, 1.807) is 12.1 Å². The van der Waals surface area contributed by atoms with E-state index in [1.165, 1.54) is 19.1 Å². The summed E-state index contributed by atoms with van der Waals surface area (Å²) in [6.45, 7) is 7.71. The number of nitrogens with zero attached hydrogens (tertiary/aromatic N) is 3. The molecule has 2 aliphatic rings. The molecule has 3 N–H and O–H groups in total. The number of aryl methyl sites for hydroxylation is 2. The van der Waals surface area contributed by atoms with Crippen LogP contribution in [0, 0.1) is 30.6 Å². The van der Waals surface area contributed by atoms with Crippen molar-refractivity contribution >= 4 is 17.6 Å². The minimum Gasteiger partial charge on any atom is -0.364 e. The molecule has 3 heterocycles. The molecule has 3 aromatic heterocycles. The molecule has 0 radical (unpaired) electrons. The molecule has 3 aromatic rings. The fraction of sp³-hybridized carbons (Fsp3) is 0.606. The first-order valence-corrected chi connectivity index (χ1v) is 16.0. The van der Waals surface area contributed by atoms with Crippen LogP contribution in [-0.4, -0.2) is 38.2 Å². The summed E-state index contributed by atoms with van der Waals surface area (Å²) in [5.74, 6) is -0.714. The Morgan fingerprint density at radius 1 is 1.05 bits per heavy atom. The maximum atomic E-state index is 15.4. The summed E-state index contributed by atoms with van der Waals surface area (Å²) < 4.78 is 20.6. The number of amides is 2. The number of aromatic amines is 1. The predicted octanol–water partition coefficient (Wildman–Crippen LogP) is 7.11. The number of halogens is 1. The number of hydrogen-bond acceptors (Lipinski definition) is 6. The van der Waals surface area contributed by atoms with Gasteiger partial charge in [-0.25, -0.2) is 4.98 Å². The van der Waals surface area contributed by atoms with Crippen LogP contribution in [0.4, 0.5) is 10.2 Å². The normalized spacial score (nSPS) is 17.4. The van der Waals surface area contributed by atoms with Gasteiger partial charge in [-0.15, -0.1) is 0 Å². The van der Waals surface area contributed by atoms with Gasteiger partial charge in [-0.2, -0.15) is 9.49 Å². The highest BCUT2D eigenvalue weighted by molar-refractivity contribution is 6.01. The van der Waals surface area contributed by atoms with Crippen LogP contribution in [0.2, 0.25) is 0 Å². The number of hydrogen-bond donors (Lipinski definition) is 3. The molecule has 0 saturated heterocycles. The molecule has 2 fully saturated rings. The van der Waals surface area contributed by atoms with Crippen molar-refractivity contribution in [2.45, 2.75) is 110 Å². The van der Waals surface area contributed by atoms with Gasteiger partial charge in [0.1, 0.15) is 23.7 Å². The fourth-order valence-electron chi connectivity index (χ4n) is 7.34. The average molecular weight is 593 g/mol. The number of rotatable bonds is 10. The molecular weight excluding hydrogens is 547 g/mol. The van der Waals surface area contributed by atoms with Crippen molar-refractivity contribution in [1.82, 2.24) is 25.7 Å². The molecular formula is C33H45FN6O3. The Kier molecular flexibility index (Phi) is 9.93. The lowest BCUT2D eigenvalue weighted by Crippen LogP contribution is -2.53. The quantitative estimate of drug-likeness (QED) is 0.216. The van der Waals surface area contributed by atoms with Crippen LogP contribution in [-0.2, 0) is 11.2 Å². The lowest BCUT2D eigenvalue weighted by Gasteiger charge is -2.41. The first-order valence-electron chi connectivity index (χ1n) is 16.0. The first kappa shape index (κ1) is 30.9. The molecule has 1 unspecified atom stereocenters. The smallest absolute Gasteiger partial charge is 0.257 e. The predicted molar refractivity (Wildman–Crippen MR) is 163 cm³/mol. The van der Waals surface area contributed by atoms with Crippen molar-refractivity contribution in [2.24, 2.45) is 17.8 Å². The van der Waals surface area contributed by atoms with Crippen LogP contribution in [0.1, 0.15) is 118 Å². The topological polar surface area (TPSA) is 126 Å². The van der Waals surface area contributed by atoms with E-state index in [0.29, 0.717) is 40.6 Å². The Hall–Kier alpha value is -3.56. The minimum atomic E-state index is -0.805. The summed E-state index contributed by atoms with van der Waals surface area (Å²) in [4.78, 5) is 32.1. The number of anilines is 1. The van der Waals surface area contributed by atoms with Gasteiger partial charge >= 0.3 is 0 Å². The van der Waals surface area contributed by atoms with Gasteiger partial charge < -0.3 is 15.2 Å². The lowest BCUT2D eigenvalue weighted by molar-refractivity contribution is -0.121. The van der Waals surface area contributed by atoms with E-state index < -0.39 is 12.0 Å². The molecule has 9 nitrogen and oxygen atoms in total. The van der Waals surface area contributed by atoms with Crippen LogP contribution >= 0.6 is 0 Å². The molecule has 10 heteroatoms. The maximum absolute atomic E-state index is 15.4. The van der Waals surface area contributed by atoms with E-state index in [9.17, 15) is 9.59 Å². The molecule has 0 aliphatic heterocycles. The molecule has 2 saturated carbocycles. The van der Waals surface area contributed by atoms with Crippen molar-refractivity contribution in [3.05, 3.63) is 47.0 Å². The van der Waals surface area contributed by atoms with Gasteiger partial charge in [0, 0.05) is 16.8 Å². The number of pyridine rings is 1. The Bertz CT molecular complexity index is 1390. The zero-order valence-electron chi connectivity index (χ0n) is 25.8. The van der Waals surface area contributed by atoms with Gasteiger partial charge in [-0.05, 0) is 49.1 Å². The fourth-order valence-corrected chi connectivity index (χ4v) is 7.34. The summed E-state index contributed by atoms with van der Waals surface area (Å²) in [6.07, 6.45) is 13.0. The van der Waals surface area contributed by atoms with E-state index >= 15 is 4.39 Å². The molecule has 0 aromatic carbocycles. The largest absolute Gasteiger partial charge is 0.364 e. The Morgan fingerprint density at radius 3 is 2.28 bits per heavy atom. The van der Waals surface area contributed by atoms with Crippen molar-refractivity contribution in [3.63, 3.8) is 0 Å². The molecule has 0 bridgehead atoms. The van der Waals surface area contributed by atoms with Gasteiger partial charge in [0.05, 0.1) is 11.4 Å². The van der Waals surface area contributed by atoms with Crippen molar-refractivity contribution < 1.29 is 18.5 Å². The Balaban J connectivity index is 1.46. The second-order valence-corrected chi connectivity index (χ2v) is 12.6.